The number of guanidine groups is 1. The largest absolute Gasteiger partial charge is 0.497 e. The van der Waals surface area contributed by atoms with Gasteiger partial charge in [0.25, 0.3) is 0 Å². The van der Waals surface area contributed by atoms with E-state index < -0.39 is 0 Å². The van der Waals surface area contributed by atoms with Crippen LogP contribution in [0.3, 0.4) is 0 Å². The average Bonchev–Trinajstić information content (AvgIpc) is 2.67. The summed E-state index contributed by atoms with van der Waals surface area (Å²) in [4.78, 5) is 13.2. The van der Waals surface area contributed by atoms with Gasteiger partial charge in [0.05, 0.1) is 33.1 Å². The summed E-state index contributed by atoms with van der Waals surface area (Å²) in [5.41, 5.74) is 2.38. The van der Waals surface area contributed by atoms with E-state index >= 15 is 0 Å². The summed E-state index contributed by atoms with van der Waals surface area (Å²) in [6, 6.07) is 7.28. The minimum Gasteiger partial charge on any atom is -0.497 e. The maximum absolute atomic E-state index is 5.43. The Kier molecular flexibility index (Phi) is 8.56. The van der Waals surface area contributed by atoms with Crippen molar-refractivity contribution in [1.82, 2.24) is 15.3 Å². The molecule has 0 aliphatic rings. The molecule has 156 valence electrons. The molecule has 2 aromatic rings. The smallest absolute Gasteiger partial charge is 0.229 e. The van der Waals surface area contributed by atoms with Crippen molar-refractivity contribution in [1.29, 1.82) is 0 Å². The fraction of sp³-hybridized carbons (Fsp3) is 0.368. The number of nitrogens with one attached hydrogen (secondary N) is 3. The third-order valence-electron chi connectivity index (χ3n) is 3.67. The second-order valence-electron chi connectivity index (χ2n) is 5.97. The van der Waals surface area contributed by atoms with E-state index in [1.165, 1.54) is 0 Å². The predicted octanol–water partition coefficient (Wildman–Crippen LogP) is 2.51. The fourth-order valence-electron chi connectivity index (χ4n) is 2.41. The lowest BCUT2D eigenvalue weighted by Crippen LogP contribution is -2.39. The zero-order valence-corrected chi connectivity index (χ0v) is 18.0. The topological polar surface area (TPSA) is 102 Å². The zero-order valence-electron chi connectivity index (χ0n) is 17.2. The molecule has 1 aromatic carbocycles. The molecule has 0 radical (unpaired) electrons. The van der Waals surface area contributed by atoms with Crippen LogP contribution < -0.4 is 25.4 Å². The first-order valence-corrected chi connectivity index (χ1v) is 9.28. The van der Waals surface area contributed by atoms with Gasteiger partial charge in [0.1, 0.15) is 11.5 Å². The Morgan fingerprint density at radius 1 is 1.03 bits per heavy atom. The lowest BCUT2D eigenvalue weighted by Gasteiger charge is -2.16. The van der Waals surface area contributed by atoms with Gasteiger partial charge in [-0.05, 0) is 44.3 Å². The van der Waals surface area contributed by atoms with Gasteiger partial charge in [-0.15, -0.1) is 0 Å². The van der Waals surface area contributed by atoms with Crippen LogP contribution in [0.15, 0.2) is 29.3 Å². The second kappa shape index (κ2) is 11.1. The van der Waals surface area contributed by atoms with Crippen LogP contribution in [0, 0.1) is 13.8 Å². The molecule has 0 saturated carbocycles. The molecule has 2 rings (SSSR count). The summed E-state index contributed by atoms with van der Waals surface area (Å²) in [6.07, 6.45) is 0. The Morgan fingerprint density at radius 3 is 2.38 bits per heavy atom. The van der Waals surface area contributed by atoms with E-state index in [-0.39, 0.29) is 0 Å². The summed E-state index contributed by atoms with van der Waals surface area (Å²) >= 11 is 5.43. The summed E-state index contributed by atoms with van der Waals surface area (Å²) in [6.45, 7) is 4.70. The number of aryl methyl sites for hydroxylation is 2. The van der Waals surface area contributed by atoms with E-state index in [9.17, 15) is 0 Å². The van der Waals surface area contributed by atoms with Gasteiger partial charge >= 0.3 is 0 Å². The minimum atomic E-state index is 0.321. The van der Waals surface area contributed by atoms with Crippen molar-refractivity contribution >= 4 is 34.9 Å². The minimum absolute atomic E-state index is 0.321. The lowest BCUT2D eigenvalue weighted by molar-refractivity contribution is 0.208. The van der Waals surface area contributed by atoms with Crippen LogP contribution >= 0.6 is 12.2 Å². The third kappa shape index (κ3) is 7.16. The fourth-order valence-corrected chi connectivity index (χ4v) is 2.62. The number of thiocarbonyl (C=S) groups is 1. The highest BCUT2D eigenvalue weighted by molar-refractivity contribution is 7.80. The summed E-state index contributed by atoms with van der Waals surface area (Å²) in [7, 11) is 4.79. The van der Waals surface area contributed by atoms with E-state index in [1.54, 1.807) is 27.4 Å². The van der Waals surface area contributed by atoms with Crippen molar-refractivity contribution in [3.63, 3.8) is 0 Å². The van der Waals surface area contributed by atoms with Gasteiger partial charge in [-0.2, -0.15) is 0 Å². The molecule has 9 nitrogen and oxygen atoms in total. The van der Waals surface area contributed by atoms with Crippen molar-refractivity contribution < 1.29 is 14.2 Å². The van der Waals surface area contributed by atoms with Crippen LogP contribution in [0.2, 0.25) is 0 Å². The summed E-state index contributed by atoms with van der Waals surface area (Å²) in [5, 5.41) is 9.50. The SMILES string of the molecule is COCCN=C(NC(=S)Nc1ccc(OC)cc1OC)Nc1nc(C)cc(C)n1. The van der Waals surface area contributed by atoms with Crippen molar-refractivity contribution in [2.24, 2.45) is 4.99 Å². The highest BCUT2D eigenvalue weighted by Gasteiger charge is 2.10. The van der Waals surface area contributed by atoms with Crippen LogP contribution in [-0.2, 0) is 4.74 Å². The molecule has 29 heavy (non-hydrogen) atoms. The zero-order chi connectivity index (χ0) is 21.2. The Bertz CT molecular complexity index is 855. The van der Waals surface area contributed by atoms with Crippen LogP contribution in [0.4, 0.5) is 11.6 Å². The number of hydrogen-bond donors (Lipinski definition) is 3. The van der Waals surface area contributed by atoms with Gasteiger partial charge in [-0.3, -0.25) is 10.3 Å². The van der Waals surface area contributed by atoms with Crippen LogP contribution in [0.25, 0.3) is 0 Å². The van der Waals surface area contributed by atoms with E-state index in [0.29, 0.717) is 47.4 Å². The number of aliphatic imine (C=N–C) groups is 1. The molecule has 0 aliphatic heterocycles. The average molecular weight is 419 g/mol. The van der Waals surface area contributed by atoms with Gasteiger partial charge < -0.3 is 24.8 Å². The third-order valence-corrected chi connectivity index (χ3v) is 3.87. The summed E-state index contributed by atoms with van der Waals surface area (Å²) in [5.74, 6) is 2.10. The van der Waals surface area contributed by atoms with Gasteiger partial charge in [-0.1, -0.05) is 0 Å². The highest BCUT2D eigenvalue weighted by Crippen LogP contribution is 2.28. The quantitative estimate of drug-likeness (QED) is 0.271. The number of ether oxygens (including phenoxy) is 3. The number of nitrogens with zero attached hydrogens (tertiary/aromatic N) is 3. The molecule has 0 amide bonds. The molecule has 10 heteroatoms. The highest BCUT2D eigenvalue weighted by atomic mass is 32.1. The predicted molar refractivity (Wildman–Crippen MR) is 118 cm³/mol. The number of hydrogen-bond acceptors (Lipinski definition) is 7. The van der Waals surface area contributed by atoms with Crippen LogP contribution in [-0.4, -0.2) is 55.5 Å². The molecule has 1 aromatic heterocycles. The Balaban J connectivity index is 2.13. The molecule has 0 fully saturated rings. The number of methoxy groups -OCH3 is 3. The Hall–Kier alpha value is -2.98. The van der Waals surface area contributed by atoms with Gasteiger partial charge in [0.15, 0.2) is 5.11 Å². The molecular weight excluding hydrogens is 392 g/mol. The Morgan fingerprint density at radius 2 is 1.76 bits per heavy atom. The second-order valence-corrected chi connectivity index (χ2v) is 6.38. The number of aromatic nitrogens is 2. The van der Waals surface area contributed by atoms with E-state index in [2.05, 4.69) is 30.9 Å². The molecule has 1 heterocycles. The number of rotatable bonds is 7. The van der Waals surface area contributed by atoms with Gasteiger partial charge in [-0.25, -0.2) is 9.97 Å². The van der Waals surface area contributed by atoms with Crippen molar-refractivity contribution in [2.75, 3.05) is 45.1 Å². The maximum atomic E-state index is 5.43. The number of benzene rings is 1. The molecule has 0 aliphatic carbocycles. The molecular formula is C19H26N6O3S. The van der Waals surface area contributed by atoms with Crippen molar-refractivity contribution in [3.8, 4) is 11.5 Å². The lowest BCUT2D eigenvalue weighted by atomic mass is 10.2. The van der Waals surface area contributed by atoms with Gasteiger partial charge in [0, 0.05) is 24.6 Å². The molecule has 3 N–H and O–H groups in total. The first-order valence-electron chi connectivity index (χ1n) is 8.88. The maximum Gasteiger partial charge on any atom is 0.229 e. The van der Waals surface area contributed by atoms with Crippen LogP contribution in [0.5, 0.6) is 11.5 Å². The first kappa shape index (κ1) is 22.3. The Labute approximate surface area is 175 Å². The molecule has 0 saturated heterocycles. The standard InChI is InChI=1S/C19H26N6O3S/c1-12-10-13(2)22-18(21-12)24-17(20-8-9-26-3)25-19(29)23-15-7-6-14(27-4)11-16(15)28-5/h6-7,10-11H,8-9H2,1-5H3,(H3,20,21,22,23,24,25,29). The number of anilines is 2. The normalized spacial score (nSPS) is 11.0. The monoisotopic (exact) mass is 418 g/mol. The van der Waals surface area contributed by atoms with Crippen molar-refractivity contribution in [2.45, 2.75) is 13.8 Å². The van der Waals surface area contributed by atoms with E-state index in [0.717, 1.165) is 11.4 Å². The summed E-state index contributed by atoms with van der Waals surface area (Å²) < 4.78 is 15.7. The van der Waals surface area contributed by atoms with Crippen molar-refractivity contribution in [3.05, 3.63) is 35.7 Å². The van der Waals surface area contributed by atoms with E-state index in [1.807, 2.05) is 32.0 Å². The van der Waals surface area contributed by atoms with Crippen LogP contribution in [0.1, 0.15) is 11.4 Å². The molecule has 0 unspecified atom stereocenters. The molecule has 0 spiro atoms. The van der Waals surface area contributed by atoms with E-state index in [4.69, 9.17) is 26.4 Å². The van der Waals surface area contributed by atoms with Gasteiger partial charge in [0.2, 0.25) is 11.9 Å². The molecule has 0 atom stereocenters. The first-order chi connectivity index (χ1) is 13.9. The molecule has 0 bridgehead atoms.